The van der Waals surface area contributed by atoms with Gasteiger partial charge in [-0.1, -0.05) is 24.3 Å². The third-order valence-electron chi connectivity index (χ3n) is 3.97. The number of aromatic nitrogens is 1. The van der Waals surface area contributed by atoms with Crippen LogP contribution in [0.3, 0.4) is 0 Å². The van der Waals surface area contributed by atoms with Crippen LogP contribution in [0.4, 0.5) is 11.5 Å². The van der Waals surface area contributed by atoms with Crippen molar-refractivity contribution in [3.05, 3.63) is 53.7 Å². The number of anilines is 2. The standard InChI is InChI=1S/C18H23N3/c1-2-19-18-12-7-10-16(20-18)14-21-13-6-5-9-15-8-3-4-11-17(15)21/h3-4,7-8,10-12H,2,5-6,9,13-14H2,1H3,(H,19,20). The fraction of sp³-hybridized carbons (Fsp3) is 0.389. The van der Waals surface area contributed by atoms with E-state index in [-0.39, 0.29) is 0 Å². The highest BCUT2D eigenvalue weighted by atomic mass is 15.1. The average Bonchev–Trinajstić information content (AvgIpc) is 2.71. The first-order valence-corrected chi connectivity index (χ1v) is 7.89. The van der Waals surface area contributed by atoms with Crippen molar-refractivity contribution in [2.45, 2.75) is 32.7 Å². The molecule has 0 bridgehead atoms. The van der Waals surface area contributed by atoms with Crippen molar-refractivity contribution in [2.75, 3.05) is 23.3 Å². The number of para-hydroxylation sites is 1. The molecule has 0 aliphatic carbocycles. The molecule has 0 amide bonds. The first-order valence-electron chi connectivity index (χ1n) is 7.89. The Labute approximate surface area is 127 Å². The molecule has 110 valence electrons. The maximum Gasteiger partial charge on any atom is 0.126 e. The summed E-state index contributed by atoms with van der Waals surface area (Å²) in [6.45, 7) is 5.00. The maximum atomic E-state index is 4.71. The van der Waals surface area contributed by atoms with E-state index in [1.807, 2.05) is 6.07 Å². The summed E-state index contributed by atoms with van der Waals surface area (Å²) >= 11 is 0. The van der Waals surface area contributed by atoms with Gasteiger partial charge in [0, 0.05) is 18.8 Å². The summed E-state index contributed by atoms with van der Waals surface area (Å²) < 4.78 is 0. The molecule has 3 rings (SSSR count). The van der Waals surface area contributed by atoms with Gasteiger partial charge in [-0.2, -0.15) is 0 Å². The Balaban J connectivity index is 1.82. The maximum absolute atomic E-state index is 4.71. The summed E-state index contributed by atoms with van der Waals surface area (Å²) in [6, 6.07) is 15.0. The van der Waals surface area contributed by atoms with Gasteiger partial charge in [-0.25, -0.2) is 4.98 Å². The van der Waals surface area contributed by atoms with Gasteiger partial charge in [0.05, 0.1) is 12.2 Å². The number of hydrogen-bond acceptors (Lipinski definition) is 3. The summed E-state index contributed by atoms with van der Waals surface area (Å²) in [7, 11) is 0. The van der Waals surface area contributed by atoms with Crippen molar-refractivity contribution in [3.8, 4) is 0 Å². The van der Waals surface area contributed by atoms with E-state index in [0.717, 1.165) is 31.1 Å². The number of aryl methyl sites for hydroxylation is 1. The van der Waals surface area contributed by atoms with E-state index in [2.05, 4.69) is 53.5 Å². The Bertz CT molecular complexity index is 595. The molecule has 0 radical (unpaired) electrons. The van der Waals surface area contributed by atoms with Crippen LogP contribution in [-0.4, -0.2) is 18.1 Å². The summed E-state index contributed by atoms with van der Waals surface area (Å²) in [5.41, 5.74) is 3.98. The van der Waals surface area contributed by atoms with Crippen molar-refractivity contribution in [1.29, 1.82) is 0 Å². The largest absolute Gasteiger partial charge is 0.370 e. The molecule has 0 saturated heterocycles. The molecule has 3 nitrogen and oxygen atoms in total. The second kappa shape index (κ2) is 6.61. The van der Waals surface area contributed by atoms with Gasteiger partial charge < -0.3 is 10.2 Å². The molecule has 1 aromatic carbocycles. The fourth-order valence-corrected chi connectivity index (χ4v) is 2.98. The number of fused-ring (bicyclic) bond motifs is 1. The van der Waals surface area contributed by atoms with Crippen LogP contribution >= 0.6 is 0 Å². The number of benzene rings is 1. The normalized spacial score (nSPS) is 14.4. The number of rotatable bonds is 4. The van der Waals surface area contributed by atoms with E-state index in [4.69, 9.17) is 4.98 Å². The van der Waals surface area contributed by atoms with E-state index >= 15 is 0 Å². The Kier molecular flexibility index (Phi) is 4.39. The zero-order chi connectivity index (χ0) is 14.5. The minimum Gasteiger partial charge on any atom is -0.370 e. The molecule has 0 saturated carbocycles. The van der Waals surface area contributed by atoms with Gasteiger partial charge in [-0.3, -0.25) is 0 Å². The molecule has 3 heteroatoms. The lowest BCUT2D eigenvalue weighted by molar-refractivity contribution is 0.708. The average molecular weight is 281 g/mol. The quantitative estimate of drug-likeness (QED) is 0.922. The molecule has 1 aromatic heterocycles. The van der Waals surface area contributed by atoms with Crippen molar-refractivity contribution >= 4 is 11.5 Å². The van der Waals surface area contributed by atoms with Crippen LogP contribution in [-0.2, 0) is 13.0 Å². The SMILES string of the molecule is CCNc1cccc(CN2CCCCc3ccccc32)n1. The summed E-state index contributed by atoms with van der Waals surface area (Å²) in [4.78, 5) is 7.18. The predicted octanol–water partition coefficient (Wildman–Crippen LogP) is 3.86. The van der Waals surface area contributed by atoms with Crippen molar-refractivity contribution < 1.29 is 0 Å². The van der Waals surface area contributed by atoms with Gasteiger partial charge in [-0.05, 0) is 49.9 Å². The number of pyridine rings is 1. The van der Waals surface area contributed by atoms with Crippen LogP contribution in [0.2, 0.25) is 0 Å². The molecule has 1 N–H and O–H groups in total. The molecule has 2 aromatic rings. The molecule has 2 heterocycles. The van der Waals surface area contributed by atoms with Crippen LogP contribution in [0, 0.1) is 0 Å². The molecule has 0 atom stereocenters. The zero-order valence-corrected chi connectivity index (χ0v) is 12.7. The molecule has 0 fully saturated rings. The smallest absolute Gasteiger partial charge is 0.126 e. The van der Waals surface area contributed by atoms with Crippen molar-refractivity contribution in [3.63, 3.8) is 0 Å². The van der Waals surface area contributed by atoms with Crippen LogP contribution in [0.25, 0.3) is 0 Å². The zero-order valence-electron chi connectivity index (χ0n) is 12.7. The topological polar surface area (TPSA) is 28.2 Å². The van der Waals surface area contributed by atoms with Crippen LogP contribution in [0.1, 0.15) is 31.0 Å². The Morgan fingerprint density at radius 2 is 2.00 bits per heavy atom. The molecule has 0 unspecified atom stereocenters. The van der Waals surface area contributed by atoms with Gasteiger partial charge >= 0.3 is 0 Å². The van der Waals surface area contributed by atoms with Gasteiger partial charge in [0.15, 0.2) is 0 Å². The lowest BCUT2D eigenvalue weighted by Crippen LogP contribution is -2.24. The van der Waals surface area contributed by atoms with E-state index < -0.39 is 0 Å². The second-order valence-corrected chi connectivity index (χ2v) is 5.55. The van der Waals surface area contributed by atoms with E-state index in [1.54, 1.807) is 0 Å². The van der Waals surface area contributed by atoms with E-state index in [9.17, 15) is 0 Å². The van der Waals surface area contributed by atoms with Crippen LogP contribution < -0.4 is 10.2 Å². The summed E-state index contributed by atoms with van der Waals surface area (Å²) in [6.07, 6.45) is 3.72. The van der Waals surface area contributed by atoms with E-state index in [0.29, 0.717) is 0 Å². The van der Waals surface area contributed by atoms with Gasteiger partial charge in [-0.15, -0.1) is 0 Å². The van der Waals surface area contributed by atoms with Gasteiger partial charge in [0.2, 0.25) is 0 Å². The lowest BCUT2D eigenvalue weighted by atomic mass is 10.1. The Morgan fingerprint density at radius 3 is 2.90 bits per heavy atom. The van der Waals surface area contributed by atoms with Gasteiger partial charge in [0.25, 0.3) is 0 Å². The summed E-state index contributed by atoms with van der Waals surface area (Å²) in [5.74, 6) is 0.970. The monoisotopic (exact) mass is 281 g/mol. The molecular weight excluding hydrogens is 258 g/mol. The minimum atomic E-state index is 0.885. The highest BCUT2D eigenvalue weighted by Crippen LogP contribution is 2.27. The third kappa shape index (κ3) is 3.35. The minimum absolute atomic E-state index is 0.885. The number of nitrogens with zero attached hydrogens (tertiary/aromatic N) is 2. The van der Waals surface area contributed by atoms with E-state index in [1.165, 1.54) is 30.5 Å². The number of hydrogen-bond donors (Lipinski definition) is 1. The third-order valence-corrected chi connectivity index (χ3v) is 3.97. The molecule has 0 spiro atoms. The van der Waals surface area contributed by atoms with Crippen molar-refractivity contribution in [2.24, 2.45) is 0 Å². The second-order valence-electron chi connectivity index (χ2n) is 5.55. The lowest BCUT2D eigenvalue weighted by Gasteiger charge is -2.24. The van der Waals surface area contributed by atoms with Crippen LogP contribution in [0.15, 0.2) is 42.5 Å². The van der Waals surface area contributed by atoms with Crippen molar-refractivity contribution in [1.82, 2.24) is 4.98 Å². The first-order chi connectivity index (χ1) is 10.4. The Hall–Kier alpha value is -2.03. The molecule has 1 aliphatic heterocycles. The Morgan fingerprint density at radius 1 is 1.10 bits per heavy atom. The first kappa shape index (κ1) is 13.9. The molecule has 21 heavy (non-hydrogen) atoms. The van der Waals surface area contributed by atoms with Gasteiger partial charge in [0.1, 0.15) is 5.82 Å². The fourth-order valence-electron chi connectivity index (χ4n) is 2.98. The van der Waals surface area contributed by atoms with Crippen LogP contribution in [0.5, 0.6) is 0 Å². The summed E-state index contributed by atoms with van der Waals surface area (Å²) in [5, 5.41) is 3.29. The predicted molar refractivity (Wildman–Crippen MR) is 88.8 cm³/mol. The highest BCUT2D eigenvalue weighted by Gasteiger charge is 2.15. The highest BCUT2D eigenvalue weighted by molar-refractivity contribution is 5.54. The number of nitrogens with one attached hydrogen (secondary N) is 1. The molecule has 1 aliphatic rings. The molecular formula is C18H23N3.